The number of fused-ring (bicyclic) bond motifs is 2. The molecule has 5 heterocycles. The number of aliphatic hydroxyl groups is 1. The van der Waals surface area contributed by atoms with Gasteiger partial charge in [0.1, 0.15) is 5.75 Å². The van der Waals surface area contributed by atoms with Gasteiger partial charge < -0.3 is 33.9 Å². The fourth-order valence-electron chi connectivity index (χ4n) is 10.4. The van der Waals surface area contributed by atoms with E-state index in [2.05, 4.69) is 13.1 Å². The lowest BCUT2D eigenvalue weighted by Crippen LogP contribution is -2.55. The number of rotatable bonds is 12. The predicted molar refractivity (Wildman–Crippen MR) is 225 cm³/mol. The Balaban J connectivity index is 1.23. The number of hydrogen-bond acceptors (Lipinski definition) is 11. The van der Waals surface area contributed by atoms with E-state index in [9.17, 15) is 29.1 Å². The monoisotopic (exact) mass is 852 g/mol. The molecule has 0 aromatic heterocycles. The number of aliphatic hydroxyl groups excluding tert-OH is 1. The Bertz CT molecular complexity index is 2290. The summed E-state index contributed by atoms with van der Waals surface area (Å²) in [6.45, 7) is 9.51. The van der Waals surface area contributed by atoms with E-state index in [0.29, 0.717) is 46.9 Å². The number of carbonyl (C=O) groups excluding carboxylic acids is 6. The SMILES string of the molecule is COc1ccc([Si](C)(C)[C@@H]2[C@@H](CC(=O)N3CCC[C@H]3CO)O[C@]3(C(=O)N(Cc4cccc(N5C(=O)CC5OC(C)=O)c4)c4ccc(N5C(=O)CC5OC(C)=O)cc43)[C@H]2C)cc1. The number of methoxy groups -OCH3 is 1. The lowest BCUT2D eigenvalue weighted by Gasteiger charge is -2.39. The molecule has 4 saturated heterocycles. The minimum atomic E-state index is -2.66. The van der Waals surface area contributed by atoms with Crippen LogP contribution >= 0.6 is 0 Å². The summed E-state index contributed by atoms with van der Waals surface area (Å²) in [5.41, 5.74) is 0.847. The third-order valence-corrected chi connectivity index (χ3v) is 17.7. The summed E-state index contributed by atoms with van der Waals surface area (Å²) in [5.74, 6) is -1.74. The van der Waals surface area contributed by atoms with Gasteiger partial charge in [0, 0.05) is 43.2 Å². The number of anilines is 3. The minimum absolute atomic E-state index is 0.00328. The molecule has 2 unspecified atom stereocenters. The number of hydrogen-bond donors (Lipinski definition) is 1. The molecule has 16 heteroatoms. The van der Waals surface area contributed by atoms with Crippen LogP contribution in [0.3, 0.4) is 0 Å². The summed E-state index contributed by atoms with van der Waals surface area (Å²) >= 11 is 0. The molecule has 15 nitrogen and oxygen atoms in total. The van der Waals surface area contributed by atoms with E-state index < -0.39 is 50.1 Å². The highest BCUT2D eigenvalue weighted by atomic mass is 28.3. The van der Waals surface area contributed by atoms with Gasteiger partial charge in [0.05, 0.1) is 65.4 Å². The standard InChI is InChI=1S/C45H52N4O11Si/c1-26-43(61(5,6)34-15-13-33(57-4)14-16-34)37(21-38(53)46-18-8-11-32(46)25-50)60-45(26)35-20-31(49-40(55)23-42(49)59-28(3)52)12-17-36(35)47(44(45)56)24-29-9-7-10-30(19-29)48-39(54)22-41(48)58-27(2)51/h7,9-10,12-17,19-20,26,32,37,41-43,50H,8,11,18,21-25H2,1-6H3/t26-,32-,37+,41?,42?,43-,45+/m0/s1. The molecule has 4 fully saturated rings. The maximum atomic E-state index is 15.6. The number of amides is 4. The highest BCUT2D eigenvalue weighted by molar-refractivity contribution is 6.91. The highest BCUT2D eigenvalue weighted by Gasteiger charge is 2.67. The lowest BCUT2D eigenvalue weighted by atomic mass is 9.82. The van der Waals surface area contributed by atoms with E-state index in [0.717, 1.165) is 11.6 Å². The summed E-state index contributed by atoms with van der Waals surface area (Å²) in [6.07, 6.45) is -0.673. The second-order valence-electron chi connectivity index (χ2n) is 17.3. The van der Waals surface area contributed by atoms with Gasteiger partial charge in [0.25, 0.3) is 5.91 Å². The zero-order valence-electron chi connectivity index (χ0n) is 35.3. The molecule has 1 spiro atoms. The second-order valence-corrected chi connectivity index (χ2v) is 21.9. The zero-order chi connectivity index (χ0) is 43.5. The number of nitrogens with zero attached hydrogens (tertiary/aromatic N) is 4. The Morgan fingerprint density at radius 3 is 2.11 bits per heavy atom. The molecule has 5 aliphatic rings. The topological polar surface area (TPSA) is 173 Å². The molecular weight excluding hydrogens is 801 g/mol. The van der Waals surface area contributed by atoms with Crippen molar-refractivity contribution in [2.24, 2.45) is 5.92 Å². The average molecular weight is 853 g/mol. The van der Waals surface area contributed by atoms with Crippen LogP contribution in [0.15, 0.2) is 66.7 Å². The number of carbonyl (C=O) groups is 6. The van der Waals surface area contributed by atoms with Gasteiger partial charge in [-0.2, -0.15) is 0 Å². The van der Waals surface area contributed by atoms with Crippen LogP contribution < -0.4 is 24.6 Å². The third-order valence-electron chi connectivity index (χ3n) is 13.3. The predicted octanol–water partition coefficient (Wildman–Crippen LogP) is 4.08. The van der Waals surface area contributed by atoms with E-state index in [1.807, 2.05) is 37.3 Å². The van der Waals surface area contributed by atoms with Crippen LogP contribution in [0.1, 0.15) is 64.0 Å². The largest absolute Gasteiger partial charge is 0.497 e. The van der Waals surface area contributed by atoms with Crippen molar-refractivity contribution in [1.29, 1.82) is 0 Å². The van der Waals surface area contributed by atoms with Crippen molar-refractivity contribution in [3.63, 3.8) is 0 Å². The maximum absolute atomic E-state index is 15.6. The molecule has 61 heavy (non-hydrogen) atoms. The van der Waals surface area contributed by atoms with Crippen molar-refractivity contribution in [3.05, 3.63) is 77.9 Å². The summed E-state index contributed by atoms with van der Waals surface area (Å²) in [6, 6.07) is 20.1. The quantitative estimate of drug-likeness (QED) is 0.158. The van der Waals surface area contributed by atoms with E-state index in [1.54, 1.807) is 53.3 Å². The Hall–Kier alpha value is -5.58. The average Bonchev–Trinajstić information content (AvgIpc) is 3.87. The number of esters is 2. The molecule has 3 aromatic rings. The first-order chi connectivity index (χ1) is 29.1. The first-order valence-electron chi connectivity index (χ1n) is 20.9. The van der Waals surface area contributed by atoms with Crippen LogP contribution in [-0.2, 0) is 55.1 Å². The Kier molecular flexibility index (Phi) is 11.1. The smallest absolute Gasteiger partial charge is 0.304 e. The van der Waals surface area contributed by atoms with Crippen molar-refractivity contribution < 1.29 is 52.8 Å². The molecule has 7 atom stereocenters. The van der Waals surface area contributed by atoms with E-state index >= 15 is 4.79 Å². The summed E-state index contributed by atoms with van der Waals surface area (Å²) in [4.78, 5) is 85.8. The summed E-state index contributed by atoms with van der Waals surface area (Å²) < 4.78 is 23.6. The fraction of sp³-hybridized carbons (Fsp3) is 0.467. The first kappa shape index (κ1) is 42.1. The normalized spacial score (nSPS) is 27.0. The summed E-state index contributed by atoms with van der Waals surface area (Å²) in [5, 5.41) is 11.2. The molecule has 322 valence electrons. The molecule has 0 saturated carbocycles. The molecule has 0 radical (unpaired) electrons. The first-order valence-corrected chi connectivity index (χ1v) is 23.9. The van der Waals surface area contributed by atoms with Gasteiger partial charge in [-0.3, -0.25) is 38.6 Å². The van der Waals surface area contributed by atoms with Gasteiger partial charge in [-0.15, -0.1) is 0 Å². The second kappa shape index (κ2) is 16.0. The van der Waals surface area contributed by atoms with E-state index in [1.165, 1.54) is 23.6 Å². The number of likely N-dealkylation sites (tertiary alicyclic amines) is 1. The highest BCUT2D eigenvalue weighted by Crippen LogP contribution is 2.61. The Morgan fingerprint density at radius 2 is 1.52 bits per heavy atom. The van der Waals surface area contributed by atoms with Crippen LogP contribution in [0.25, 0.3) is 0 Å². The van der Waals surface area contributed by atoms with Crippen molar-refractivity contribution in [2.45, 2.75) is 108 Å². The fourth-order valence-corrected chi connectivity index (χ4v) is 14.4. The maximum Gasteiger partial charge on any atom is 0.304 e. The minimum Gasteiger partial charge on any atom is -0.497 e. The van der Waals surface area contributed by atoms with Gasteiger partial charge in [-0.1, -0.05) is 49.5 Å². The van der Waals surface area contributed by atoms with Gasteiger partial charge in [0.2, 0.25) is 17.7 Å². The zero-order valence-corrected chi connectivity index (χ0v) is 36.3. The van der Waals surface area contributed by atoms with Crippen molar-refractivity contribution >= 4 is 65.9 Å². The Labute approximate surface area is 355 Å². The molecule has 4 amide bonds. The van der Waals surface area contributed by atoms with E-state index in [4.69, 9.17) is 18.9 Å². The van der Waals surface area contributed by atoms with Crippen LogP contribution in [0.5, 0.6) is 5.75 Å². The van der Waals surface area contributed by atoms with Crippen LogP contribution in [0.2, 0.25) is 18.6 Å². The number of β-lactam (4-membered cyclic amide) rings is 2. The molecule has 0 aliphatic carbocycles. The van der Waals surface area contributed by atoms with Crippen molar-refractivity contribution in [1.82, 2.24) is 4.90 Å². The van der Waals surface area contributed by atoms with Gasteiger partial charge >= 0.3 is 11.9 Å². The molecular formula is C45H52N4O11Si. The van der Waals surface area contributed by atoms with Gasteiger partial charge in [-0.05, 0) is 66.4 Å². The van der Waals surface area contributed by atoms with Crippen molar-refractivity contribution in [2.75, 3.05) is 35.0 Å². The van der Waals surface area contributed by atoms with Crippen LogP contribution in [0, 0.1) is 5.92 Å². The number of benzene rings is 3. The molecule has 3 aromatic carbocycles. The van der Waals surface area contributed by atoms with Gasteiger partial charge in [0.15, 0.2) is 18.1 Å². The Morgan fingerprint density at radius 1 is 0.885 bits per heavy atom. The molecule has 8 rings (SSSR count). The van der Waals surface area contributed by atoms with Crippen LogP contribution in [0.4, 0.5) is 17.1 Å². The third kappa shape index (κ3) is 7.17. The molecule has 5 aliphatic heterocycles. The lowest BCUT2D eigenvalue weighted by molar-refractivity contribution is -0.155. The van der Waals surface area contributed by atoms with Gasteiger partial charge in [-0.25, -0.2) is 0 Å². The summed E-state index contributed by atoms with van der Waals surface area (Å²) in [7, 11) is -1.05. The number of ether oxygens (including phenoxy) is 4. The van der Waals surface area contributed by atoms with Crippen LogP contribution in [-0.4, -0.2) is 98.5 Å². The van der Waals surface area contributed by atoms with E-state index in [-0.39, 0.29) is 67.6 Å². The van der Waals surface area contributed by atoms with Crippen molar-refractivity contribution in [3.8, 4) is 5.75 Å². The molecule has 0 bridgehead atoms. The molecule has 1 N–H and O–H groups in total.